The summed E-state index contributed by atoms with van der Waals surface area (Å²) in [7, 11) is 0. The number of rotatable bonds is 4. The highest BCUT2D eigenvalue weighted by Gasteiger charge is 2.03. The first-order valence-corrected chi connectivity index (χ1v) is 4.40. The van der Waals surface area contributed by atoms with Gasteiger partial charge in [0.15, 0.2) is 5.78 Å². The summed E-state index contributed by atoms with van der Waals surface area (Å²) in [6.07, 6.45) is 2.06. The summed E-state index contributed by atoms with van der Waals surface area (Å²) < 4.78 is 5.20. The molecule has 0 aromatic carbocycles. The van der Waals surface area contributed by atoms with E-state index in [1.165, 1.54) is 0 Å². The predicted molar refractivity (Wildman–Crippen MR) is 50.0 cm³/mol. The third-order valence-corrected chi connectivity index (χ3v) is 1.65. The first kappa shape index (κ1) is 9.71. The quantitative estimate of drug-likeness (QED) is 0.664. The van der Waals surface area contributed by atoms with Crippen LogP contribution < -0.4 is 4.74 Å². The normalized spacial score (nSPS) is 9.69. The second-order valence-corrected chi connectivity index (χ2v) is 2.59. The summed E-state index contributed by atoms with van der Waals surface area (Å²) in [5.41, 5.74) is 0.506. The van der Waals surface area contributed by atoms with Crippen LogP contribution in [0.4, 0.5) is 0 Å². The molecule has 0 spiro atoms. The molecule has 70 valence electrons. The number of ether oxygens (including phenoxy) is 1. The Balaban J connectivity index is 2.75. The van der Waals surface area contributed by atoms with Gasteiger partial charge in [-0.3, -0.25) is 4.79 Å². The average molecular weight is 179 g/mol. The van der Waals surface area contributed by atoms with E-state index in [0.717, 1.165) is 0 Å². The Bertz CT molecular complexity index is 279. The Morgan fingerprint density at radius 3 is 2.69 bits per heavy atom. The van der Waals surface area contributed by atoms with Crippen molar-refractivity contribution in [1.29, 1.82) is 0 Å². The molecule has 1 aromatic heterocycles. The fraction of sp³-hybridized carbons (Fsp3) is 0.400. The zero-order valence-corrected chi connectivity index (χ0v) is 7.91. The van der Waals surface area contributed by atoms with E-state index in [1.54, 1.807) is 18.3 Å². The lowest BCUT2D eigenvalue weighted by Gasteiger charge is -2.02. The van der Waals surface area contributed by atoms with Crippen molar-refractivity contribution in [3.05, 3.63) is 24.0 Å². The van der Waals surface area contributed by atoms with Crippen LogP contribution in [0, 0.1) is 0 Å². The molecule has 0 aliphatic heterocycles. The van der Waals surface area contributed by atoms with E-state index in [4.69, 9.17) is 4.74 Å². The number of carbonyl (C=O) groups is 1. The van der Waals surface area contributed by atoms with Gasteiger partial charge in [0, 0.05) is 6.42 Å². The SMILES string of the molecule is CCOc1ccc(C(=O)CC)nc1. The van der Waals surface area contributed by atoms with Crippen molar-refractivity contribution in [2.45, 2.75) is 20.3 Å². The molecule has 0 fully saturated rings. The Labute approximate surface area is 77.8 Å². The van der Waals surface area contributed by atoms with Crippen LogP contribution in [0.15, 0.2) is 18.3 Å². The van der Waals surface area contributed by atoms with Gasteiger partial charge in [-0.15, -0.1) is 0 Å². The van der Waals surface area contributed by atoms with Gasteiger partial charge in [-0.2, -0.15) is 0 Å². The van der Waals surface area contributed by atoms with Crippen molar-refractivity contribution in [2.75, 3.05) is 6.61 Å². The number of aromatic nitrogens is 1. The minimum absolute atomic E-state index is 0.0584. The fourth-order valence-corrected chi connectivity index (χ4v) is 0.978. The Morgan fingerprint density at radius 2 is 2.23 bits per heavy atom. The summed E-state index contributed by atoms with van der Waals surface area (Å²) in [4.78, 5) is 15.2. The second kappa shape index (κ2) is 4.60. The maximum absolute atomic E-state index is 11.2. The van der Waals surface area contributed by atoms with Gasteiger partial charge >= 0.3 is 0 Å². The van der Waals surface area contributed by atoms with Crippen LogP contribution in [0.5, 0.6) is 5.75 Å². The number of hydrogen-bond acceptors (Lipinski definition) is 3. The van der Waals surface area contributed by atoms with Gasteiger partial charge in [0.1, 0.15) is 11.4 Å². The molecular weight excluding hydrogens is 166 g/mol. The second-order valence-electron chi connectivity index (χ2n) is 2.59. The van der Waals surface area contributed by atoms with Crippen LogP contribution >= 0.6 is 0 Å². The lowest BCUT2D eigenvalue weighted by molar-refractivity contribution is 0.0983. The van der Waals surface area contributed by atoms with E-state index in [0.29, 0.717) is 24.5 Å². The molecule has 0 saturated heterocycles. The third-order valence-electron chi connectivity index (χ3n) is 1.65. The van der Waals surface area contributed by atoms with Crippen molar-refractivity contribution in [3.8, 4) is 5.75 Å². The molecule has 0 atom stereocenters. The molecule has 0 unspecified atom stereocenters. The average Bonchev–Trinajstić information content (AvgIpc) is 2.18. The highest BCUT2D eigenvalue weighted by atomic mass is 16.5. The molecule has 0 bridgehead atoms. The van der Waals surface area contributed by atoms with E-state index in [1.807, 2.05) is 13.8 Å². The van der Waals surface area contributed by atoms with Crippen molar-refractivity contribution in [2.24, 2.45) is 0 Å². The van der Waals surface area contributed by atoms with Crippen LogP contribution in [-0.2, 0) is 0 Å². The molecule has 0 radical (unpaired) electrons. The fourth-order valence-electron chi connectivity index (χ4n) is 0.978. The number of Topliss-reactive ketones (excluding diaryl/α,β-unsaturated/α-hetero) is 1. The van der Waals surface area contributed by atoms with Crippen molar-refractivity contribution < 1.29 is 9.53 Å². The molecule has 0 amide bonds. The van der Waals surface area contributed by atoms with Gasteiger partial charge in [0.2, 0.25) is 0 Å². The van der Waals surface area contributed by atoms with E-state index in [2.05, 4.69) is 4.98 Å². The summed E-state index contributed by atoms with van der Waals surface area (Å²) >= 11 is 0. The Hall–Kier alpha value is -1.38. The van der Waals surface area contributed by atoms with Gasteiger partial charge in [-0.05, 0) is 19.1 Å². The molecule has 3 heteroatoms. The molecule has 0 aliphatic rings. The molecule has 0 saturated carbocycles. The summed E-state index contributed by atoms with van der Waals surface area (Å²) in [5.74, 6) is 0.762. The maximum atomic E-state index is 11.2. The van der Waals surface area contributed by atoms with Crippen molar-refractivity contribution >= 4 is 5.78 Å². The van der Waals surface area contributed by atoms with Gasteiger partial charge in [0.25, 0.3) is 0 Å². The first-order valence-electron chi connectivity index (χ1n) is 4.40. The van der Waals surface area contributed by atoms with E-state index < -0.39 is 0 Å². The molecule has 1 rings (SSSR count). The van der Waals surface area contributed by atoms with E-state index in [-0.39, 0.29) is 5.78 Å². The number of ketones is 1. The molecule has 1 aromatic rings. The summed E-state index contributed by atoms with van der Waals surface area (Å²) in [5, 5.41) is 0. The molecule has 13 heavy (non-hydrogen) atoms. The lowest BCUT2D eigenvalue weighted by atomic mass is 10.2. The van der Waals surface area contributed by atoms with Gasteiger partial charge in [-0.25, -0.2) is 4.98 Å². The van der Waals surface area contributed by atoms with Gasteiger partial charge < -0.3 is 4.74 Å². The number of carbonyl (C=O) groups excluding carboxylic acids is 1. The first-order chi connectivity index (χ1) is 6.27. The van der Waals surface area contributed by atoms with Crippen LogP contribution in [0.25, 0.3) is 0 Å². The Morgan fingerprint density at radius 1 is 1.46 bits per heavy atom. The predicted octanol–water partition coefficient (Wildman–Crippen LogP) is 2.07. The van der Waals surface area contributed by atoms with Crippen LogP contribution in [0.3, 0.4) is 0 Å². The number of nitrogens with zero attached hydrogens (tertiary/aromatic N) is 1. The topological polar surface area (TPSA) is 39.2 Å². The lowest BCUT2D eigenvalue weighted by Crippen LogP contribution is -2.00. The van der Waals surface area contributed by atoms with Gasteiger partial charge in [0.05, 0.1) is 12.8 Å². The molecule has 0 aliphatic carbocycles. The standard InChI is InChI=1S/C10H13NO2/c1-3-10(12)9-6-5-8(7-11-9)13-4-2/h5-7H,3-4H2,1-2H3. The third kappa shape index (κ3) is 2.54. The highest BCUT2D eigenvalue weighted by Crippen LogP contribution is 2.09. The van der Waals surface area contributed by atoms with Crippen LogP contribution in [0.2, 0.25) is 0 Å². The van der Waals surface area contributed by atoms with Crippen LogP contribution in [-0.4, -0.2) is 17.4 Å². The minimum Gasteiger partial charge on any atom is -0.492 e. The maximum Gasteiger partial charge on any atom is 0.180 e. The van der Waals surface area contributed by atoms with Crippen molar-refractivity contribution in [3.63, 3.8) is 0 Å². The smallest absolute Gasteiger partial charge is 0.180 e. The van der Waals surface area contributed by atoms with Gasteiger partial charge in [-0.1, -0.05) is 6.92 Å². The summed E-state index contributed by atoms with van der Waals surface area (Å²) in [6, 6.07) is 3.45. The van der Waals surface area contributed by atoms with E-state index >= 15 is 0 Å². The molecule has 1 heterocycles. The zero-order chi connectivity index (χ0) is 9.68. The molecular formula is C10H13NO2. The number of pyridine rings is 1. The molecule has 0 N–H and O–H groups in total. The minimum atomic E-state index is 0.0584. The highest BCUT2D eigenvalue weighted by molar-refractivity contribution is 5.93. The molecule has 3 nitrogen and oxygen atoms in total. The Kier molecular flexibility index (Phi) is 3.43. The largest absolute Gasteiger partial charge is 0.492 e. The monoisotopic (exact) mass is 179 g/mol. The summed E-state index contributed by atoms with van der Waals surface area (Å²) in [6.45, 7) is 4.34. The van der Waals surface area contributed by atoms with Crippen molar-refractivity contribution in [1.82, 2.24) is 4.98 Å². The number of hydrogen-bond donors (Lipinski definition) is 0. The van der Waals surface area contributed by atoms with Crippen LogP contribution in [0.1, 0.15) is 30.8 Å². The van der Waals surface area contributed by atoms with E-state index in [9.17, 15) is 4.79 Å². The zero-order valence-electron chi connectivity index (χ0n) is 7.91.